The number of hydrogen-bond acceptors (Lipinski definition) is 1. The fourth-order valence-corrected chi connectivity index (χ4v) is 3.78. The van der Waals surface area contributed by atoms with E-state index in [1.165, 1.54) is 16.7 Å². The number of benzene rings is 3. The molecule has 0 radical (unpaired) electrons. The van der Waals surface area contributed by atoms with Crippen molar-refractivity contribution in [2.24, 2.45) is 5.41 Å². The number of rotatable bonds is 8. The van der Waals surface area contributed by atoms with Gasteiger partial charge < -0.3 is 5.11 Å². The summed E-state index contributed by atoms with van der Waals surface area (Å²) < 4.78 is 0. The zero-order valence-corrected chi connectivity index (χ0v) is 17.6. The second-order valence-electron chi connectivity index (χ2n) is 6.96. The molecule has 0 bridgehead atoms. The molecule has 0 amide bonds. The van der Waals surface area contributed by atoms with E-state index in [2.05, 4.69) is 91.0 Å². The van der Waals surface area contributed by atoms with Crippen molar-refractivity contribution in [3.8, 4) is 0 Å². The first-order chi connectivity index (χ1) is 12.3. The molecule has 0 aromatic heterocycles. The monoisotopic (exact) mass is 420 g/mol. The molecular weight excluding hydrogens is 395 g/mol. The van der Waals surface area contributed by atoms with Crippen molar-refractivity contribution in [2.45, 2.75) is 25.7 Å². The van der Waals surface area contributed by atoms with Gasteiger partial charge in [0.05, 0.1) is 0 Å². The van der Waals surface area contributed by atoms with Gasteiger partial charge in [-0.25, -0.2) is 0 Å². The van der Waals surface area contributed by atoms with Gasteiger partial charge in [-0.3, -0.25) is 0 Å². The molecule has 26 heavy (non-hydrogen) atoms. The van der Waals surface area contributed by atoms with E-state index in [0.717, 1.165) is 25.7 Å². The largest absolute Gasteiger partial charge is 0.396 e. The molecule has 0 aliphatic rings. The maximum atomic E-state index is 9.84. The van der Waals surface area contributed by atoms with Crippen molar-refractivity contribution < 1.29 is 31.3 Å². The third kappa shape index (κ3) is 6.04. The molecule has 3 aromatic carbocycles. The van der Waals surface area contributed by atoms with E-state index < -0.39 is 0 Å². The normalized spacial score (nSPS) is 11.0. The summed E-state index contributed by atoms with van der Waals surface area (Å²) >= 11 is 0. The zero-order chi connectivity index (χ0) is 17.4. The average Bonchev–Trinajstić information content (AvgIpc) is 2.64. The van der Waals surface area contributed by atoms with Crippen LogP contribution in [0.2, 0.25) is 0 Å². The number of aliphatic hydroxyl groups excluding tert-OH is 1. The third-order valence-electron chi connectivity index (χ3n) is 4.91. The molecule has 0 aliphatic heterocycles. The van der Waals surface area contributed by atoms with Crippen molar-refractivity contribution in [3.63, 3.8) is 0 Å². The van der Waals surface area contributed by atoms with Crippen LogP contribution >= 0.6 is 0 Å². The summed E-state index contributed by atoms with van der Waals surface area (Å²) in [6.45, 7) is 0.215. The van der Waals surface area contributed by atoms with Crippen LogP contribution in [0.25, 0.3) is 0 Å². The molecule has 3 aromatic rings. The summed E-state index contributed by atoms with van der Waals surface area (Å²) in [5.74, 6) is 0. The first-order valence-electron chi connectivity index (χ1n) is 9.02. The van der Waals surface area contributed by atoms with Crippen molar-refractivity contribution >= 4 is 0 Å². The summed E-state index contributed by atoms with van der Waals surface area (Å²) in [6.07, 6.45) is 3.71. The summed E-state index contributed by atoms with van der Waals surface area (Å²) in [7, 11) is 0. The van der Waals surface area contributed by atoms with Gasteiger partial charge in [0.1, 0.15) is 0 Å². The van der Waals surface area contributed by atoms with Crippen LogP contribution in [0, 0.1) is 5.41 Å². The quantitative estimate of drug-likeness (QED) is 0.538. The zero-order valence-electron chi connectivity index (χ0n) is 15.1. The molecule has 0 unspecified atom stereocenters. The Morgan fingerprint density at radius 3 is 1.12 bits per heavy atom. The summed E-state index contributed by atoms with van der Waals surface area (Å²) in [6, 6.07) is 32.0. The Morgan fingerprint density at radius 2 is 0.846 bits per heavy atom. The van der Waals surface area contributed by atoms with Gasteiger partial charge >= 0.3 is 0 Å². The Kier molecular flexibility index (Phi) is 8.49. The fourth-order valence-electron chi connectivity index (χ4n) is 3.78. The van der Waals surface area contributed by atoms with Gasteiger partial charge in [0.15, 0.2) is 0 Å². The number of aliphatic hydroxyl groups is 1. The molecular formula is C24H26OZr. The smallest absolute Gasteiger partial charge is 0.0436 e. The van der Waals surface area contributed by atoms with Crippen LogP contribution in [0.5, 0.6) is 0 Å². The topological polar surface area (TPSA) is 20.2 Å². The predicted molar refractivity (Wildman–Crippen MR) is 105 cm³/mol. The molecule has 132 valence electrons. The van der Waals surface area contributed by atoms with E-state index in [0.29, 0.717) is 0 Å². The standard InChI is InChI=1S/C24H26O.Zr/c25-17-16-24(18-21-10-4-1-5-11-21,19-22-12-6-2-7-13-22)20-23-14-8-3-9-15-23;/h1-15,25H,16-20H2;. The summed E-state index contributed by atoms with van der Waals surface area (Å²) in [5, 5.41) is 9.84. The van der Waals surface area contributed by atoms with Crippen LogP contribution in [0.3, 0.4) is 0 Å². The first-order valence-corrected chi connectivity index (χ1v) is 9.02. The van der Waals surface area contributed by atoms with Crippen LogP contribution in [-0.4, -0.2) is 11.7 Å². The fraction of sp³-hybridized carbons (Fsp3) is 0.250. The minimum absolute atomic E-state index is 0. The van der Waals surface area contributed by atoms with Crippen molar-refractivity contribution in [1.82, 2.24) is 0 Å². The summed E-state index contributed by atoms with van der Waals surface area (Å²) in [5.41, 5.74) is 4.02. The SMILES string of the molecule is OCCC(Cc1ccccc1)(Cc1ccccc1)Cc1ccccc1.[Zr]. The van der Waals surface area contributed by atoms with E-state index in [9.17, 15) is 5.11 Å². The Bertz CT molecular complexity index is 640. The van der Waals surface area contributed by atoms with E-state index in [-0.39, 0.29) is 38.2 Å². The Hall–Kier alpha value is -1.50. The average molecular weight is 422 g/mol. The van der Waals surface area contributed by atoms with Gasteiger partial charge in [0, 0.05) is 32.8 Å². The molecule has 0 saturated heterocycles. The van der Waals surface area contributed by atoms with Crippen molar-refractivity contribution in [3.05, 3.63) is 108 Å². The Balaban J connectivity index is 0.00000243. The molecule has 3 rings (SSSR count). The van der Waals surface area contributed by atoms with Crippen molar-refractivity contribution in [2.75, 3.05) is 6.61 Å². The van der Waals surface area contributed by atoms with E-state index in [1.807, 2.05) is 0 Å². The van der Waals surface area contributed by atoms with E-state index >= 15 is 0 Å². The molecule has 1 nitrogen and oxygen atoms in total. The van der Waals surface area contributed by atoms with E-state index in [1.54, 1.807) is 0 Å². The third-order valence-corrected chi connectivity index (χ3v) is 4.91. The molecule has 0 saturated carbocycles. The van der Waals surface area contributed by atoms with Crippen LogP contribution in [0.15, 0.2) is 91.0 Å². The minimum Gasteiger partial charge on any atom is -0.396 e. The van der Waals surface area contributed by atoms with Crippen LogP contribution in [0.1, 0.15) is 23.1 Å². The maximum Gasteiger partial charge on any atom is 0.0436 e. The molecule has 1 N–H and O–H groups in total. The van der Waals surface area contributed by atoms with Crippen LogP contribution < -0.4 is 0 Å². The van der Waals surface area contributed by atoms with Gasteiger partial charge in [-0.15, -0.1) is 0 Å². The molecule has 0 atom stereocenters. The van der Waals surface area contributed by atoms with Crippen LogP contribution in [0.4, 0.5) is 0 Å². The van der Waals surface area contributed by atoms with Crippen LogP contribution in [-0.2, 0) is 45.5 Å². The number of hydrogen-bond donors (Lipinski definition) is 1. The summed E-state index contributed by atoms with van der Waals surface area (Å²) in [4.78, 5) is 0. The molecule has 0 aliphatic carbocycles. The minimum atomic E-state index is 0. The second-order valence-corrected chi connectivity index (χ2v) is 6.96. The van der Waals surface area contributed by atoms with Crippen molar-refractivity contribution in [1.29, 1.82) is 0 Å². The Labute approximate surface area is 176 Å². The van der Waals surface area contributed by atoms with Gasteiger partial charge in [-0.05, 0) is 47.8 Å². The molecule has 0 fully saturated rings. The Morgan fingerprint density at radius 1 is 0.538 bits per heavy atom. The molecule has 0 heterocycles. The predicted octanol–water partition coefficient (Wildman–Crippen LogP) is 5.08. The van der Waals surface area contributed by atoms with Gasteiger partial charge in [0.2, 0.25) is 0 Å². The van der Waals surface area contributed by atoms with Gasteiger partial charge in [-0.2, -0.15) is 0 Å². The second kappa shape index (κ2) is 10.6. The van der Waals surface area contributed by atoms with Gasteiger partial charge in [0.25, 0.3) is 0 Å². The van der Waals surface area contributed by atoms with Gasteiger partial charge in [-0.1, -0.05) is 91.0 Å². The molecule has 2 heteroatoms. The maximum absolute atomic E-state index is 9.84. The first kappa shape index (κ1) is 20.8. The molecule has 0 spiro atoms. The van der Waals surface area contributed by atoms with E-state index in [4.69, 9.17) is 0 Å².